The molecule has 0 radical (unpaired) electrons. The second-order valence-corrected chi connectivity index (χ2v) is 5.57. The lowest BCUT2D eigenvalue weighted by molar-refractivity contribution is -0.0805. The number of rotatable bonds is 3. The first-order valence-electron chi connectivity index (χ1n) is 6.00. The Morgan fingerprint density at radius 2 is 2.00 bits per heavy atom. The molecule has 1 aliphatic heterocycles. The molecule has 1 fully saturated rings. The van der Waals surface area contributed by atoms with Gasteiger partial charge in [0.05, 0.1) is 19.3 Å². The van der Waals surface area contributed by atoms with Crippen LogP contribution in [-0.4, -0.2) is 41.9 Å². The molecule has 1 aromatic rings. The summed E-state index contributed by atoms with van der Waals surface area (Å²) in [4.78, 5) is 2.27. The zero-order chi connectivity index (χ0) is 13.1. The number of hydrogen-bond acceptors (Lipinski definition) is 3. The molecule has 2 atom stereocenters. The van der Waals surface area contributed by atoms with E-state index >= 15 is 0 Å². The van der Waals surface area contributed by atoms with Crippen LogP contribution in [0.1, 0.15) is 12.5 Å². The molecule has 0 aromatic heterocycles. The van der Waals surface area contributed by atoms with Crippen LogP contribution in [0, 0.1) is 0 Å². The predicted octanol–water partition coefficient (Wildman–Crippen LogP) is 2.58. The maximum atomic E-state index is 9.16. The molecule has 2 unspecified atom stereocenters. The number of aliphatic hydroxyl groups is 1. The molecule has 1 N–H and O–H groups in total. The second kappa shape index (κ2) is 6.22. The number of benzene rings is 1. The smallest absolute Gasteiger partial charge is 0.0933 e. The maximum absolute atomic E-state index is 9.16. The highest BCUT2D eigenvalue weighted by Gasteiger charge is 2.25. The van der Waals surface area contributed by atoms with Crippen molar-refractivity contribution < 1.29 is 9.84 Å². The normalized spacial score (nSPS) is 25.3. The van der Waals surface area contributed by atoms with Gasteiger partial charge in [-0.1, -0.05) is 23.2 Å². The number of nitrogens with zero attached hydrogens (tertiary/aromatic N) is 1. The zero-order valence-electron chi connectivity index (χ0n) is 10.3. The van der Waals surface area contributed by atoms with Crippen molar-refractivity contribution in [1.29, 1.82) is 0 Å². The fourth-order valence-electron chi connectivity index (χ4n) is 2.14. The fourth-order valence-corrected chi connectivity index (χ4v) is 2.71. The summed E-state index contributed by atoms with van der Waals surface area (Å²) in [5.74, 6) is 0. The molecule has 2 rings (SSSR count). The summed E-state index contributed by atoms with van der Waals surface area (Å²) in [6.07, 6.45) is -0.101. The van der Waals surface area contributed by atoms with Gasteiger partial charge in [-0.3, -0.25) is 4.90 Å². The molecule has 0 saturated carbocycles. The van der Waals surface area contributed by atoms with Gasteiger partial charge in [0.25, 0.3) is 0 Å². The van der Waals surface area contributed by atoms with Crippen molar-refractivity contribution in [3.05, 3.63) is 33.8 Å². The van der Waals surface area contributed by atoms with Crippen LogP contribution in [0.4, 0.5) is 0 Å². The lowest BCUT2D eigenvalue weighted by Crippen LogP contribution is -2.48. The topological polar surface area (TPSA) is 32.7 Å². The Morgan fingerprint density at radius 1 is 1.33 bits per heavy atom. The van der Waals surface area contributed by atoms with Gasteiger partial charge in [-0.25, -0.2) is 0 Å². The molecule has 1 heterocycles. The van der Waals surface area contributed by atoms with Gasteiger partial charge < -0.3 is 9.84 Å². The quantitative estimate of drug-likeness (QED) is 0.928. The van der Waals surface area contributed by atoms with Crippen molar-refractivity contribution in [1.82, 2.24) is 4.90 Å². The molecular weight excluding hydrogens is 273 g/mol. The first-order chi connectivity index (χ1) is 8.58. The van der Waals surface area contributed by atoms with Crippen LogP contribution in [0.25, 0.3) is 0 Å². The minimum absolute atomic E-state index is 0.0551. The van der Waals surface area contributed by atoms with Crippen molar-refractivity contribution >= 4 is 23.2 Å². The predicted molar refractivity (Wildman–Crippen MR) is 73.2 cm³/mol. The molecule has 0 bridgehead atoms. The number of halogens is 2. The van der Waals surface area contributed by atoms with Crippen molar-refractivity contribution in [2.75, 3.05) is 19.8 Å². The average molecular weight is 290 g/mol. The summed E-state index contributed by atoms with van der Waals surface area (Å²) in [5.41, 5.74) is 1.08. The summed E-state index contributed by atoms with van der Waals surface area (Å²) >= 11 is 12.0. The summed E-state index contributed by atoms with van der Waals surface area (Å²) in [7, 11) is 0. The number of aliphatic hydroxyl groups excluding tert-OH is 1. The SMILES string of the molecule is CC1COC(CO)CN1Cc1cc(Cl)cc(Cl)c1. The van der Waals surface area contributed by atoms with Gasteiger partial charge in [-0.05, 0) is 30.7 Å². The van der Waals surface area contributed by atoms with Crippen LogP contribution >= 0.6 is 23.2 Å². The van der Waals surface area contributed by atoms with E-state index in [0.717, 1.165) is 18.7 Å². The molecule has 0 amide bonds. The molecule has 0 aliphatic carbocycles. The fraction of sp³-hybridized carbons (Fsp3) is 0.538. The third-order valence-electron chi connectivity index (χ3n) is 3.15. The van der Waals surface area contributed by atoms with Crippen LogP contribution in [0.5, 0.6) is 0 Å². The van der Waals surface area contributed by atoms with Gasteiger partial charge >= 0.3 is 0 Å². The third-order valence-corrected chi connectivity index (χ3v) is 3.58. The van der Waals surface area contributed by atoms with E-state index in [2.05, 4.69) is 11.8 Å². The van der Waals surface area contributed by atoms with Crippen LogP contribution in [-0.2, 0) is 11.3 Å². The van der Waals surface area contributed by atoms with E-state index in [1.807, 2.05) is 12.1 Å². The molecule has 3 nitrogen and oxygen atoms in total. The van der Waals surface area contributed by atoms with Crippen molar-refractivity contribution in [2.24, 2.45) is 0 Å². The minimum Gasteiger partial charge on any atom is -0.394 e. The third kappa shape index (κ3) is 3.59. The molecule has 1 aliphatic rings. The first kappa shape index (κ1) is 14.1. The summed E-state index contributed by atoms with van der Waals surface area (Å²) in [6, 6.07) is 5.89. The highest BCUT2D eigenvalue weighted by molar-refractivity contribution is 6.34. The van der Waals surface area contributed by atoms with Gasteiger partial charge in [-0.15, -0.1) is 0 Å². The molecule has 1 saturated heterocycles. The zero-order valence-corrected chi connectivity index (χ0v) is 11.8. The van der Waals surface area contributed by atoms with E-state index in [4.69, 9.17) is 33.0 Å². The summed E-state index contributed by atoms with van der Waals surface area (Å²) in [5, 5.41) is 10.5. The molecule has 18 heavy (non-hydrogen) atoms. The average Bonchev–Trinajstić information content (AvgIpc) is 2.30. The Balaban J connectivity index is 2.06. The Labute approximate surface area is 117 Å². The van der Waals surface area contributed by atoms with E-state index in [9.17, 15) is 0 Å². The number of morpholine rings is 1. The number of hydrogen-bond donors (Lipinski definition) is 1. The molecule has 0 spiro atoms. The van der Waals surface area contributed by atoms with Gasteiger partial charge in [0, 0.05) is 29.2 Å². The van der Waals surface area contributed by atoms with Crippen LogP contribution in [0.15, 0.2) is 18.2 Å². The van der Waals surface area contributed by atoms with E-state index in [1.54, 1.807) is 6.07 Å². The number of ether oxygens (including phenoxy) is 1. The van der Waals surface area contributed by atoms with E-state index in [1.165, 1.54) is 0 Å². The van der Waals surface area contributed by atoms with E-state index < -0.39 is 0 Å². The van der Waals surface area contributed by atoms with Crippen molar-refractivity contribution in [3.8, 4) is 0 Å². The molecule has 100 valence electrons. The van der Waals surface area contributed by atoms with Crippen LogP contribution in [0.3, 0.4) is 0 Å². The van der Waals surface area contributed by atoms with Crippen molar-refractivity contribution in [3.63, 3.8) is 0 Å². The van der Waals surface area contributed by atoms with Gasteiger partial charge in [0.1, 0.15) is 0 Å². The summed E-state index contributed by atoms with van der Waals surface area (Å²) in [6.45, 7) is 4.29. The molecular formula is C13H17Cl2NO2. The Bertz CT molecular complexity index is 394. The highest BCUT2D eigenvalue weighted by atomic mass is 35.5. The minimum atomic E-state index is -0.101. The second-order valence-electron chi connectivity index (χ2n) is 4.69. The van der Waals surface area contributed by atoms with Crippen LogP contribution in [0.2, 0.25) is 10.0 Å². The Morgan fingerprint density at radius 3 is 2.61 bits per heavy atom. The van der Waals surface area contributed by atoms with E-state index in [0.29, 0.717) is 22.7 Å². The highest BCUT2D eigenvalue weighted by Crippen LogP contribution is 2.22. The maximum Gasteiger partial charge on any atom is 0.0933 e. The van der Waals surface area contributed by atoms with E-state index in [-0.39, 0.29) is 12.7 Å². The Kier molecular flexibility index (Phi) is 4.87. The van der Waals surface area contributed by atoms with Crippen molar-refractivity contribution in [2.45, 2.75) is 25.6 Å². The monoisotopic (exact) mass is 289 g/mol. The largest absolute Gasteiger partial charge is 0.394 e. The lowest BCUT2D eigenvalue weighted by atomic mass is 10.1. The van der Waals surface area contributed by atoms with Gasteiger partial charge in [0.2, 0.25) is 0 Å². The first-order valence-corrected chi connectivity index (χ1v) is 6.75. The lowest BCUT2D eigenvalue weighted by Gasteiger charge is -2.37. The standard InChI is InChI=1S/C13H17Cl2NO2/c1-9-8-18-13(7-17)6-16(9)5-10-2-11(14)4-12(15)3-10/h2-4,9,13,17H,5-8H2,1H3. The summed E-state index contributed by atoms with van der Waals surface area (Å²) < 4.78 is 5.51. The Hall–Kier alpha value is -0.320. The van der Waals surface area contributed by atoms with Crippen LogP contribution < -0.4 is 0 Å². The van der Waals surface area contributed by atoms with Gasteiger partial charge in [0.15, 0.2) is 0 Å². The van der Waals surface area contributed by atoms with Gasteiger partial charge in [-0.2, -0.15) is 0 Å². The molecule has 1 aromatic carbocycles. The molecule has 5 heteroatoms.